The van der Waals surface area contributed by atoms with Crippen LogP contribution in [0.4, 0.5) is 0 Å². The molecule has 0 saturated carbocycles. The van der Waals surface area contributed by atoms with Gasteiger partial charge in [0.05, 0.1) is 16.5 Å². The minimum Gasteiger partial charge on any atom is -0.311 e. The van der Waals surface area contributed by atoms with Crippen molar-refractivity contribution in [2.75, 3.05) is 7.05 Å². The van der Waals surface area contributed by atoms with Crippen molar-refractivity contribution in [3.8, 4) is 6.07 Å². The van der Waals surface area contributed by atoms with Crippen molar-refractivity contribution in [3.63, 3.8) is 0 Å². The number of rotatable bonds is 3. The number of piperidine rings is 1. The molecule has 2 aliphatic heterocycles. The quantitative estimate of drug-likeness (QED) is 0.911. The van der Waals surface area contributed by atoms with E-state index in [1.165, 1.54) is 10.4 Å². The van der Waals surface area contributed by atoms with Crippen LogP contribution in [-0.4, -0.2) is 37.9 Å². The summed E-state index contributed by atoms with van der Waals surface area (Å²) in [7, 11) is -1.88. The molecule has 120 valence electrons. The van der Waals surface area contributed by atoms with Crippen LogP contribution >= 0.6 is 12.4 Å². The second kappa shape index (κ2) is 6.55. The van der Waals surface area contributed by atoms with Gasteiger partial charge in [-0.15, -0.1) is 12.4 Å². The Kier molecular flexibility index (Phi) is 5.13. The van der Waals surface area contributed by atoms with E-state index in [4.69, 9.17) is 5.26 Å². The van der Waals surface area contributed by atoms with Gasteiger partial charge in [0.2, 0.25) is 10.0 Å². The van der Waals surface area contributed by atoms with Crippen LogP contribution in [0.2, 0.25) is 0 Å². The summed E-state index contributed by atoms with van der Waals surface area (Å²) in [5, 5.41) is 12.4. The fraction of sp³-hybridized carbons (Fsp3) is 0.533. The molecule has 2 heterocycles. The summed E-state index contributed by atoms with van der Waals surface area (Å²) in [5.41, 5.74) is 0.370. The first kappa shape index (κ1) is 17.2. The molecule has 1 aromatic rings. The first-order valence-corrected chi connectivity index (χ1v) is 8.69. The standard InChI is InChI=1S/C15H19N3O2S.ClH/c1-18(14-8-12-5-6-13(9-14)17-12)21(19,20)15-4-2-3-11(7-15)10-16;/h2-4,7,12-14,17H,5-6,8-9H2,1H3;1H. The number of hydrogen-bond donors (Lipinski definition) is 1. The maximum absolute atomic E-state index is 12.7. The van der Waals surface area contributed by atoms with Crippen molar-refractivity contribution in [1.29, 1.82) is 5.26 Å². The highest BCUT2D eigenvalue weighted by atomic mass is 35.5. The van der Waals surface area contributed by atoms with Gasteiger partial charge in [-0.2, -0.15) is 9.57 Å². The number of nitrogens with zero attached hydrogens (tertiary/aromatic N) is 2. The van der Waals surface area contributed by atoms with E-state index in [0.717, 1.165) is 25.7 Å². The first-order valence-electron chi connectivity index (χ1n) is 7.25. The largest absolute Gasteiger partial charge is 0.311 e. The van der Waals surface area contributed by atoms with Crippen LogP contribution in [0.3, 0.4) is 0 Å². The van der Waals surface area contributed by atoms with Gasteiger partial charge in [0, 0.05) is 25.2 Å². The molecule has 0 amide bonds. The molecule has 2 fully saturated rings. The summed E-state index contributed by atoms with van der Waals surface area (Å²) in [5.74, 6) is 0. The van der Waals surface area contributed by atoms with Crippen LogP contribution in [0.5, 0.6) is 0 Å². The number of fused-ring (bicyclic) bond motifs is 2. The number of benzene rings is 1. The Bertz CT molecular complexity index is 674. The maximum Gasteiger partial charge on any atom is 0.243 e. The van der Waals surface area contributed by atoms with Gasteiger partial charge in [-0.1, -0.05) is 6.07 Å². The molecule has 5 nitrogen and oxygen atoms in total. The van der Waals surface area contributed by atoms with E-state index in [0.29, 0.717) is 17.6 Å². The van der Waals surface area contributed by atoms with Crippen molar-refractivity contribution in [2.45, 2.75) is 48.7 Å². The summed E-state index contributed by atoms with van der Waals surface area (Å²) >= 11 is 0. The van der Waals surface area contributed by atoms with Crippen LogP contribution in [0, 0.1) is 11.3 Å². The minimum atomic E-state index is -3.54. The minimum absolute atomic E-state index is 0. The molecular weight excluding hydrogens is 322 g/mol. The second-order valence-electron chi connectivity index (χ2n) is 5.92. The Morgan fingerprint density at radius 2 is 1.91 bits per heavy atom. The lowest BCUT2D eigenvalue weighted by Crippen LogP contribution is -2.48. The topological polar surface area (TPSA) is 73.2 Å². The lowest BCUT2D eigenvalue weighted by molar-refractivity contribution is 0.251. The van der Waals surface area contributed by atoms with Gasteiger partial charge in [0.15, 0.2) is 0 Å². The van der Waals surface area contributed by atoms with E-state index >= 15 is 0 Å². The van der Waals surface area contributed by atoms with Crippen LogP contribution in [0.1, 0.15) is 31.2 Å². The molecule has 2 atom stereocenters. The van der Waals surface area contributed by atoms with Crippen LogP contribution < -0.4 is 5.32 Å². The summed E-state index contributed by atoms with van der Waals surface area (Å²) in [4.78, 5) is 0.204. The van der Waals surface area contributed by atoms with Gasteiger partial charge >= 0.3 is 0 Å². The van der Waals surface area contributed by atoms with Crippen molar-refractivity contribution in [3.05, 3.63) is 29.8 Å². The van der Waals surface area contributed by atoms with Gasteiger partial charge in [0.1, 0.15) is 0 Å². The Labute approximate surface area is 137 Å². The Morgan fingerprint density at radius 3 is 2.50 bits per heavy atom. The normalized spacial score (nSPS) is 27.2. The number of nitriles is 1. The average molecular weight is 342 g/mol. The predicted octanol–water partition coefficient (Wildman–Crippen LogP) is 1.88. The zero-order valence-corrected chi connectivity index (χ0v) is 14.0. The molecule has 1 aromatic carbocycles. The molecule has 2 aliphatic rings. The third-order valence-corrected chi connectivity index (χ3v) is 6.51. The van der Waals surface area contributed by atoms with E-state index in [-0.39, 0.29) is 23.3 Å². The highest BCUT2D eigenvalue weighted by Gasteiger charge is 2.38. The predicted molar refractivity (Wildman–Crippen MR) is 86.3 cm³/mol. The third-order valence-electron chi connectivity index (χ3n) is 4.60. The molecule has 3 rings (SSSR count). The van der Waals surface area contributed by atoms with Crippen molar-refractivity contribution < 1.29 is 8.42 Å². The fourth-order valence-corrected chi connectivity index (χ4v) is 4.84. The molecule has 1 N–H and O–H groups in total. The van der Waals surface area contributed by atoms with Gasteiger partial charge < -0.3 is 5.32 Å². The fourth-order valence-electron chi connectivity index (χ4n) is 3.41. The van der Waals surface area contributed by atoms with Crippen molar-refractivity contribution in [1.82, 2.24) is 9.62 Å². The number of nitrogens with one attached hydrogen (secondary N) is 1. The highest BCUT2D eigenvalue weighted by Crippen LogP contribution is 2.31. The van der Waals surface area contributed by atoms with Gasteiger partial charge in [-0.25, -0.2) is 8.42 Å². The monoisotopic (exact) mass is 341 g/mol. The van der Waals surface area contributed by atoms with Crippen LogP contribution in [0.25, 0.3) is 0 Å². The molecule has 0 spiro atoms. The smallest absolute Gasteiger partial charge is 0.243 e. The highest BCUT2D eigenvalue weighted by molar-refractivity contribution is 7.89. The summed E-state index contributed by atoms with van der Waals surface area (Å²) in [6, 6.07) is 9.15. The van der Waals surface area contributed by atoms with Crippen LogP contribution in [0.15, 0.2) is 29.2 Å². The Morgan fingerprint density at radius 1 is 1.27 bits per heavy atom. The molecule has 2 saturated heterocycles. The number of sulfonamides is 1. The Balaban J connectivity index is 0.00000176. The number of hydrogen-bond acceptors (Lipinski definition) is 4. The van der Waals surface area contributed by atoms with E-state index in [9.17, 15) is 8.42 Å². The van der Waals surface area contributed by atoms with E-state index in [1.54, 1.807) is 25.2 Å². The van der Waals surface area contributed by atoms with Gasteiger partial charge in [0.25, 0.3) is 0 Å². The lowest BCUT2D eigenvalue weighted by Gasteiger charge is -2.34. The zero-order valence-electron chi connectivity index (χ0n) is 12.4. The molecule has 2 unspecified atom stereocenters. The van der Waals surface area contributed by atoms with Crippen LogP contribution in [-0.2, 0) is 10.0 Å². The lowest BCUT2D eigenvalue weighted by atomic mass is 10.0. The molecule has 0 aliphatic carbocycles. The zero-order chi connectivity index (χ0) is 15.0. The molecule has 2 bridgehead atoms. The number of halogens is 1. The summed E-state index contributed by atoms with van der Waals surface area (Å²) in [6.07, 6.45) is 4.01. The Hall–Kier alpha value is -1.13. The van der Waals surface area contributed by atoms with Gasteiger partial charge in [-0.3, -0.25) is 0 Å². The van der Waals surface area contributed by atoms with Gasteiger partial charge in [-0.05, 0) is 43.9 Å². The molecule has 7 heteroatoms. The van der Waals surface area contributed by atoms with E-state index in [1.807, 2.05) is 6.07 Å². The van der Waals surface area contributed by atoms with E-state index < -0.39 is 10.0 Å². The molecular formula is C15H20ClN3O2S. The second-order valence-corrected chi connectivity index (χ2v) is 7.92. The maximum atomic E-state index is 12.7. The average Bonchev–Trinajstić information content (AvgIpc) is 2.84. The summed E-state index contributed by atoms with van der Waals surface area (Å²) < 4.78 is 27.0. The third kappa shape index (κ3) is 3.13. The molecule has 22 heavy (non-hydrogen) atoms. The van der Waals surface area contributed by atoms with Crippen molar-refractivity contribution >= 4 is 22.4 Å². The molecule has 0 radical (unpaired) electrons. The van der Waals surface area contributed by atoms with Crippen molar-refractivity contribution in [2.24, 2.45) is 0 Å². The van der Waals surface area contributed by atoms with E-state index in [2.05, 4.69) is 5.32 Å². The summed E-state index contributed by atoms with van der Waals surface area (Å²) in [6.45, 7) is 0. The first-order chi connectivity index (χ1) is 10.0. The SMILES string of the molecule is CN(C1CC2CCC(C1)N2)S(=O)(=O)c1cccc(C#N)c1.Cl. The molecule has 0 aromatic heterocycles.